The van der Waals surface area contributed by atoms with Gasteiger partial charge in [0, 0.05) is 26.6 Å². The maximum Gasteiger partial charge on any atom is 0.236 e. The number of piperidine rings is 1. The molecule has 0 bridgehead atoms. The molecule has 5 heteroatoms. The highest BCUT2D eigenvalue weighted by atomic mass is 16.2. The molecule has 2 N–H and O–H groups in total. The molecule has 0 atom stereocenters. The summed E-state index contributed by atoms with van der Waals surface area (Å²) in [6, 6.07) is 0. The van der Waals surface area contributed by atoms with Crippen LogP contribution in [0.5, 0.6) is 0 Å². The van der Waals surface area contributed by atoms with Gasteiger partial charge in [0.1, 0.15) is 0 Å². The van der Waals surface area contributed by atoms with Crippen molar-refractivity contribution >= 4 is 11.8 Å². The summed E-state index contributed by atoms with van der Waals surface area (Å²) in [4.78, 5) is 24.8. The Hall–Kier alpha value is -1.10. The molecule has 2 amide bonds. The van der Waals surface area contributed by atoms with E-state index in [0.29, 0.717) is 12.5 Å². The summed E-state index contributed by atoms with van der Waals surface area (Å²) < 4.78 is 0. The van der Waals surface area contributed by atoms with E-state index in [2.05, 4.69) is 10.6 Å². The fourth-order valence-corrected chi connectivity index (χ4v) is 2.49. The predicted octanol–water partition coefficient (Wildman–Crippen LogP) is 0.361. The molecule has 1 saturated heterocycles. The molecule has 19 heavy (non-hydrogen) atoms. The Bertz CT molecular complexity index is 321. The molecule has 108 valence electrons. The zero-order valence-corrected chi connectivity index (χ0v) is 11.8. The van der Waals surface area contributed by atoms with E-state index in [-0.39, 0.29) is 11.8 Å². The van der Waals surface area contributed by atoms with E-state index in [4.69, 9.17) is 0 Å². The number of rotatable bonds is 6. The summed E-state index contributed by atoms with van der Waals surface area (Å²) >= 11 is 0. The van der Waals surface area contributed by atoms with Gasteiger partial charge in [0.05, 0.1) is 6.54 Å². The highest BCUT2D eigenvalue weighted by Gasteiger charge is 2.24. The minimum absolute atomic E-state index is 0.0304. The van der Waals surface area contributed by atoms with Gasteiger partial charge in [-0.2, -0.15) is 0 Å². The Labute approximate surface area is 115 Å². The first kappa shape index (κ1) is 14.3. The molecule has 1 aliphatic carbocycles. The van der Waals surface area contributed by atoms with Gasteiger partial charge in [-0.25, -0.2) is 0 Å². The van der Waals surface area contributed by atoms with E-state index in [1.54, 1.807) is 6.92 Å². The Kier molecular flexibility index (Phi) is 5.19. The molecule has 0 radical (unpaired) electrons. The molecule has 0 aromatic carbocycles. The maximum atomic E-state index is 12.0. The second-order valence-corrected chi connectivity index (χ2v) is 5.84. The topological polar surface area (TPSA) is 61.4 Å². The standard InChI is InChI=1S/C14H25N3O2/c1-11(18)16-9-13-4-6-17(7-5-13)14(19)10-15-8-12-2-3-12/h12-13,15H,2-10H2,1H3,(H,16,18). The fourth-order valence-electron chi connectivity index (χ4n) is 2.49. The summed E-state index contributed by atoms with van der Waals surface area (Å²) in [5, 5.41) is 6.11. The second kappa shape index (κ2) is 6.89. The highest BCUT2D eigenvalue weighted by Crippen LogP contribution is 2.27. The van der Waals surface area contributed by atoms with E-state index in [9.17, 15) is 9.59 Å². The van der Waals surface area contributed by atoms with Crippen LogP contribution in [-0.4, -0.2) is 49.4 Å². The first-order chi connectivity index (χ1) is 9.15. The van der Waals surface area contributed by atoms with Crippen molar-refractivity contribution in [3.05, 3.63) is 0 Å². The number of nitrogens with one attached hydrogen (secondary N) is 2. The van der Waals surface area contributed by atoms with Gasteiger partial charge in [-0.05, 0) is 44.1 Å². The second-order valence-electron chi connectivity index (χ2n) is 5.84. The molecule has 0 unspecified atom stereocenters. The van der Waals surface area contributed by atoms with Crippen LogP contribution in [0.25, 0.3) is 0 Å². The number of nitrogens with zero attached hydrogens (tertiary/aromatic N) is 1. The average Bonchev–Trinajstić information content (AvgIpc) is 3.21. The van der Waals surface area contributed by atoms with Crippen molar-refractivity contribution in [2.24, 2.45) is 11.8 Å². The number of likely N-dealkylation sites (tertiary alicyclic amines) is 1. The molecular weight excluding hydrogens is 242 g/mol. The third kappa shape index (κ3) is 5.19. The summed E-state index contributed by atoms with van der Waals surface area (Å²) in [7, 11) is 0. The van der Waals surface area contributed by atoms with E-state index in [0.717, 1.165) is 44.9 Å². The van der Waals surface area contributed by atoms with Gasteiger partial charge in [-0.1, -0.05) is 0 Å². The van der Waals surface area contributed by atoms with Crippen LogP contribution in [0, 0.1) is 11.8 Å². The lowest BCUT2D eigenvalue weighted by molar-refractivity contribution is -0.131. The lowest BCUT2D eigenvalue weighted by atomic mass is 9.97. The summed E-state index contributed by atoms with van der Waals surface area (Å²) in [6.45, 7) is 5.42. The van der Waals surface area contributed by atoms with Crippen molar-refractivity contribution in [3.63, 3.8) is 0 Å². The Morgan fingerprint density at radius 1 is 1.05 bits per heavy atom. The molecule has 1 heterocycles. The monoisotopic (exact) mass is 267 g/mol. The molecule has 2 aliphatic rings. The lowest BCUT2D eigenvalue weighted by Gasteiger charge is -2.32. The third-order valence-electron chi connectivity index (χ3n) is 4.01. The number of hydrogen-bond acceptors (Lipinski definition) is 3. The van der Waals surface area contributed by atoms with Crippen molar-refractivity contribution in [2.45, 2.75) is 32.6 Å². The summed E-state index contributed by atoms with van der Waals surface area (Å²) in [5.41, 5.74) is 0. The van der Waals surface area contributed by atoms with E-state index in [1.165, 1.54) is 12.8 Å². The van der Waals surface area contributed by atoms with Crippen molar-refractivity contribution in [2.75, 3.05) is 32.7 Å². The van der Waals surface area contributed by atoms with Crippen molar-refractivity contribution in [1.29, 1.82) is 0 Å². The van der Waals surface area contributed by atoms with E-state index in [1.807, 2.05) is 4.90 Å². The summed E-state index contributed by atoms with van der Waals surface area (Å²) in [6.07, 6.45) is 4.62. The molecule has 1 aliphatic heterocycles. The number of carbonyl (C=O) groups is 2. The first-order valence-corrected chi connectivity index (χ1v) is 7.38. The van der Waals surface area contributed by atoms with Gasteiger partial charge in [0.2, 0.25) is 11.8 Å². The fraction of sp³-hybridized carbons (Fsp3) is 0.857. The van der Waals surface area contributed by atoms with Gasteiger partial charge in [-0.15, -0.1) is 0 Å². The molecule has 0 aromatic heterocycles. The molecule has 0 spiro atoms. The van der Waals surface area contributed by atoms with Crippen molar-refractivity contribution < 1.29 is 9.59 Å². The first-order valence-electron chi connectivity index (χ1n) is 7.38. The largest absolute Gasteiger partial charge is 0.356 e. The van der Waals surface area contributed by atoms with Gasteiger partial charge in [0.15, 0.2) is 0 Å². The number of hydrogen-bond donors (Lipinski definition) is 2. The zero-order valence-electron chi connectivity index (χ0n) is 11.8. The van der Waals surface area contributed by atoms with Gasteiger partial charge in [0.25, 0.3) is 0 Å². The van der Waals surface area contributed by atoms with Crippen LogP contribution in [0.1, 0.15) is 32.6 Å². The van der Waals surface area contributed by atoms with Crippen LogP contribution in [0.2, 0.25) is 0 Å². The minimum Gasteiger partial charge on any atom is -0.356 e. The van der Waals surface area contributed by atoms with Crippen molar-refractivity contribution in [1.82, 2.24) is 15.5 Å². The molecule has 5 nitrogen and oxygen atoms in total. The lowest BCUT2D eigenvalue weighted by Crippen LogP contribution is -2.44. The Morgan fingerprint density at radius 2 is 1.68 bits per heavy atom. The maximum absolute atomic E-state index is 12.0. The zero-order chi connectivity index (χ0) is 13.7. The number of carbonyl (C=O) groups excluding carboxylic acids is 2. The smallest absolute Gasteiger partial charge is 0.236 e. The molecule has 1 saturated carbocycles. The van der Waals surface area contributed by atoms with Crippen LogP contribution >= 0.6 is 0 Å². The van der Waals surface area contributed by atoms with Gasteiger partial charge < -0.3 is 15.5 Å². The molecule has 2 rings (SSSR count). The Morgan fingerprint density at radius 3 is 2.26 bits per heavy atom. The van der Waals surface area contributed by atoms with Crippen molar-refractivity contribution in [3.8, 4) is 0 Å². The molecule has 2 fully saturated rings. The summed E-state index contributed by atoms with van der Waals surface area (Å²) in [5.74, 6) is 1.59. The average molecular weight is 267 g/mol. The molecular formula is C14H25N3O2. The van der Waals surface area contributed by atoms with Crippen LogP contribution in [0.15, 0.2) is 0 Å². The van der Waals surface area contributed by atoms with Gasteiger partial charge >= 0.3 is 0 Å². The Balaban J connectivity index is 1.58. The SMILES string of the molecule is CC(=O)NCC1CCN(C(=O)CNCC2CC2)CC1. The normalized spacial score (nSPS) is 20.4. The van der Waals surface area contributed by atoms with E-state index >= 15 is 0 Å². The molecule has 0 aromatic rings. The van der Waals surface area contributed by atoms with Crippen LogP contribution in [0.3, 0.4) is 0 Å². The minimum atomic E-state index is 0.0304. The third-order valence-corrected chi connectivity index (χ3v) is 4.01. The predicted molar refractivity (Wildman–Crippen MR) is 73.6 cm³/mol. The van der Waals surface area contributed by atoms with Crippen LogP contribution < -0.4 is 10.6 Å². The number of amides is 2. The van der Waals surface area contributed by atoms with Gasteiger partial charge in [-0.3, -0.25) is 9.59 Å². The van der Waals surface area contributed by atoms with E-state index < -0.39 is 0 Å². The quantitative estimate of drug-likeness (QED) is 0.730. The highest BCUT2D eigenvalue weighted by molar-refractivity contribution is 5.78. The van der Waals surface area contributed by atoms with Crippen LogP contribution in [0.4, 0.5) is 0 Å². The van der Waals surface area contributed by atoms with Crippen LogP contribution in [-0.2, 0) is 9.59 Å².